The number of hydrogen-bond donors (Lipinski definition) is 2. The van der Waals surface area contributed by atoms with Crippen molar-refractivity contribution < 1.29 is 14.0 Å². The van der Waals surface area contributed by atoms with Gasteiger partial charge in [0, 0.05) is 12.1 Å². The molecule has 2 heterocycles. The predicted octanol–water partition coefficient (Wildman–Crippen LogP) is 4.87. The molecule has 0 unspecified atom stereocenters. The number of amides is 2. The van der Waals surface area contributed by atoms with Crippen LogP contribution in [0.3, 0.4) is 0 Å². The number of furan rings is 1. The summed E-state index contributed by atoms with van der Waals surface area (Å²) in [5.41, 5.74) is 2.75. The number of carbonyl (C=O) groups excluding carboxylic acids is 2. The third kappa shape index (κ3) is 6.19. The van der Waals surface area contributed by atoms with E-state index in [0.717, 1.165) is 31.6 Å². The van der Waals surface area contributed by atoms with Crippen LogP contribution in [0.15, 0.2) is 75.7 Å². The number of thiazole rings is 1. The lowest BCUT2D eigenvalue weighted by molar-refractivity contribution is -0.119. The lowest BCUT2D eigenvalue weighted by Gasteiger charge is -2.05. The number of aromatic nitrogens is 1. The molecule has 158 valence electrons. The monoisotopic (exact) mass is 451 g/mol. The third-order valence-corrected chi connectivity index (χ3v) is 6.66. The molecule has 0 aliphatic carbocycles. The van der Waals surface area contributed by atoms with E-state index in [0.29, 0.717) is 19.4 Å². The molecule has 0 spiro atoms. The van der Waals surface area contributed by atoms with E-state index in [2.05, 4.69) is 15.6 Å². The van der Waals surface area contributed by atoms with Crippen LogP contribution < -0.4 is 10.6 Å². The van der Waals surface area contributed by atoms with Gasteiger partial charge in [-0.1, -0.05) is 42.1 Å². The summed E-state index contributed by atoms with van der Waals surface area (Å²) in [5, 5.41) is 5.77. The van der Waals surface area contributed by atoms with Gasteiger partial charge in [-0.15, -0.1) is 11.3 Å². The summed E-state index contributed by atoms with van der Waals surface area (Å²) in [7, 11) is 0. The maximum atomic E-state index is 12.3. The SMILES string of the molecule is O=C(CSc1nc2ccc(NC(=O)CCc3ccccc3)cc2s1)NCc1ccco1. The molecule has 0 aliphatic rings. The molecule has 0 saturated carbocycles. The lowest BCUT2D eigenvalue weighted by atomic mass is 10.1. The second-order valence-electron chi connectivity index (χ2n) is 6.84. The van der Waals surface area contributed by atoms with Crippen LogP contribution in [-0.4, -0.2) is 22.6 Å². The molecule has 0 atom stereocenters. The highest BCUT2D eigenvalue weighted by atomic mass is 32.2. The van der Waals surface area contributed by atoms with E-state index in [9.17, 15) is 9.59 Å². The van der Waals surface area contributed by atoms with Crippen molar-refractivity contribution in [2.24, 2.45) is 0 Å². The van der Waals surface area contributed by atoms with E-state index in [1.165, 1.54) is 23.1 Å². The van der Waals surface area contributed by atoms with Crippen molar-refractivity contribution in [2.45, 2.75) is 23.7 Å². The van der Waals surface area contributed by atoms with Crippen molar-refractivity contribution in [3.8, 4) is 0 Å². The minimum atomic E-state index is -0.0768. The summed E-state index contributed by atoms with van der Waals surface area (Å²) in [5.74, 6) is 0.906. The number of rotatable bonds is 9. The first-order valence-corrected chi connectivity index (χ1v) is 11.6. The maximum Gasteiger partial charge on any atom is 0.230 e. The normalized spacial score (nSPS) is 10.8. The van der Waals surface area contributed by atoms with Gasteiger partial charge in [0.05, 0.1) is 28.8 Å². The summed E-state index contributed by atoms with van der Waals surface area (Å²) >= 11 is 2.90. The third-order valence-electron chi connectivity index (χ3n) is 4.50. The Morgan fingerprint density at radius 3 is 2.71 bits per heavy atom. The van der Waals surface area contributed by atoms with Gasteiger partial charge in [-0.3, -0.25) is 9.59 Å². The minimum Gasteiger partial charge on any atom is -0.467 e. The van der Waals surface area contributed by atoms with Crippen molar-refractivity contribution in [3.63, 3.8) is 0 Å². The first-order valence-electron chi connectivity index (χ1n) is 9.82. The van der Waals surface area contributed by atoms with Crippen molar-refractivity contribution in [3.05, 3.63) is 78.3 Å². The molecular formula is C23H21N3O3S2. The first-order chi connectivity index (χ1) is 15.2. The summed E-state index contributed by atoms with van der Waals surface area (Å²) in [4.78, 5) is 28.9. The van der Waals surface area contributed by atoms with Gasteiger partial charge >= 0.3 is 0 Å². The number of nitrogens with one attached hydrogen (secondary N) is 2. The highest BCUT2D eigenvalue weighted by molar-refractivity contribution is 8.01. The summed E-state index contributed by atoms with van der Waals surface area (Å²) in [6, 6.07) is 19.2. The molecule has 0 bridgehead atoms. The highest BCUT2D eigenvalue weighted by Crippen LogP contribution is 2.31. The van der Waals surface area contributed by atoms with Crippen LogP contribution in [0.1, 0.15) is 17.7 Å². The molecule has 0 fully saturated rings. The Bertz CT molecular complexity index is 1160. The van der Waals surface area contributed by atoms with Crippen LogP contribution in [0.4, 0.5) is 5.69 Å². The minimum absolute atomic E-state index is 0.0180. The molecule has 4 rings (SSSR count). The Balaban J connectivity index is 1.28. The van der Waals surface area contributed by atoms with Crippen LogP contribution in [0.25, 0.3) is 10.2 Å². The van der Waals surface area contributed by atoms with Gasteiger partial charge in [-0.05, 0) is 42.3 Å². The molecule has 2 amide bonds. The first kappa shape index (κ1) is 21.1. The maximum absolute atomic E-state index is 12.3. The van der Waals surface area contributed by atoms with Gasteiger partial charge in [0.25, 0.3) is 0 Å². The van der Waals surface area contributed by atoms with Crippen molar-refractivity contribution in [1.29, 1.82) is 0 Å². The summed E-state index contributed by atoms with van der Waals surface area (Å²) in [6.45, 7) is 0.375. The molecule has 31 heavy (non-hydrogen) atoms. The van der Waals surface area contributed by atoms with Crippen LogP contribution >= 0.6 is 23.1 Å². The zero-order valence-electron chi connectivity index (χ0n) is 16.7. The molecule has 2 aromatic heterocycles. The number of nitrogens with zero attached hydrogens (tertiary/aromatic N) is 1. The number of aryl methyl sites for hydroxylation is 1. The van der Waals surface area contributed by atoms with Gasteiger partial charge in [0.2, 0.25) is 11.8 Å². The average Bonchev–Trinajstić information content (AvgIpc) is 3.45. The largest absolute Gasteiger partial charge is 0.467 e. The van der Waals surface area contributed by atoms with Gasteiger partial charge in [0.1, 0.15) is 5.76 Å². The molecule has 2 N–H and O–H groups in total. The van der Waals surface area contributed by atoms with Crippen LogP contribution in [0.2, 0.25) is 0 Å². The zero-order chi connectivity index (χ0) is 21.5. The number of fused-ring (bicyclic) bond motifs is 1. The number of hydrogen-bond acceptors (Lipinski definition) is 6. The Morgan fingerprint density at radius 2 is 1.90 bits per heavy atom. The Labute approximate surface area is 188 Å². The molecule has 4 aromatic rings. The van der Waals surface area contributed by atoms with E-state index in [1.54, 1.807) is 12.3 Å². The van der Waals surface area contributed by atoms with Gasteiger partial charge in [-0.2, -0.15) is 0 Å². The van der Waals surface area contributed by atoms with E-state index in [-0.39, 0.29) is 17.6 Å². The molecular weight excluding hydrogens is 430 g/mol. The number of anilines is 1. The molecule has 0 aliphatic heterocycles. The second kappa shape index (κ2) is 10.3. The smallest absolute Gasteiger partial charge is 0.230 e. The summed E-state index contributed by atoms with van der Waals surface area (Å²) in [6.07, 6.45) is 2.72. The Hall–Kier alpha value is -3.10. The van der Waals surface area contributed by atoms with E-state index < -0.39 is 0 Å². The number of carbonyl (C=O) groups is 2. The van der Waals surface area contributed by atoms with E-state index in [4.69, 9.17) is 4.42 Å². The van der Waals surface area contributed by atoms with Crippen molar-refractivity contribution in [2.75, 3.05) is 11.1 Å². The average molecular weight is 452 g/mol. The molecule has 0 saturated heterocycles. The van der Waals surface area contributed by atoms with E-state index in [1.807, 2.05) is 54.6 Å². The predicted molar refractivity (Wildman–Crippen MR) is 124 cm³/mol. The topological polar surface area (TPSA) is 84.2 Å². The second-order valence-corrected chi connectivity index (χ2v) is 9.09. The highest BCUT2D eigenvalue weighted by Gasteiger charge is 2.10. The van der Waals surface area contributed by atoms with Crippen LogP contribution in [0.5, 0.6) is 0 Å². The van der Waals surface area contributed by atoms with Crippen LogP contribution in [0, 0.1) is 0 Å². The molecule has 8 heteroatoms. The van der Waals surface area contributed by atoms with Gasteiger partial charge < -0.3 is 15.1 Å². The zero-order valence-corrected chi connectivity index (χ0v) is 18.3. The standard InChI is InChI=1S/C23H21N3O3S2/c27-21(11-8-16-5-2-1-3-6-16)25-17-9-10-19-20(13-17)31-23(26-19)30-15-22(28)24-14-18-7-4-12-29-18/h1-7,9-10,12-13H,8,11,14-15H2,(H,24,28)(H,25,27). The molecule has 6 nitrogen and oxygen atoms in total. The fourth-order valence-corrected chi connectivity index (χ4v) is 4.88. The van der Waals surface area contributed by atoms with Gasteiger partial charge in [-0.25, -0.2) is 4.98 Å². The Morgan fingerprint density at radius 1 is 1.03 bits per heavy atom. The quantitative estimate of drug-likeness (QED) is 0.355. The van der Waals surface area contributed by atoms with E-state index >= 15 is 0 Å². The molecule has 2 aromatic carbocycles. The number of thioether (sulfide) groups is 1. The van der Waals surface area contributed by atoms with Crippen molar-refractivity contribution >= 4 is 50.8 Å². The fraction of sp³-hybridized carbons (Fsp3) is 0.174. The number of benzene rings is 2. The molecule has 0 radical (unpaired) electrons. The lowest BCUT2D eigenvalue weighted by Crippen LogP contribution is -2.24. The fourth-order valence-electron chi connectivity index (χ4n) is 2.95. The van der Waals surface area contributed by atoms with Crippen molar-refractivity contribution in [1.82, 2.24) is 10.3 Å². The summed E-state index contributed by atoms with van der Waals surface area (Å²) < 4.78 is 6.99. The van der Waals surface area contributed by atoms with Gasteiger partial charge in [0.15, 0.2) is 4.34 Å². The Kier molecular flexibility index (Phi) is 7.01. The van der Waals surface area contributed by atoms with Crippen LogP contribution in [-0.2, 0) is 22.6 Å².